The lowest BCUT2D eigenvalue weighted by Crippen LogP contribution is -2.21. The second kappa shape index (κ2) is 9.66. The van der Waals surface area contributed by atoms with Crippen molar-refractivity contribution >= 4 is 11.6 Å². The number of carbonyl (C=O) groups is 1. The van der Waals surface area contributed by atoms with Crippen LogP contribution in [0, 0.1) is 0 Å². The first-order valence-electron chi connectivity index (χ1n) is 8.89. The monoisotopic (exact) mass is 353 g/mol. The summed E-state index contributed by atoms with van der Waals surface area (Å²) < 4.78 is 11.4. The molecule has 0 fully saturated rings. The van der Waals surface area contributed by atoms with Crippen LogP contribution in [-0.2, 0) is 4.79 Å². The minimum Gasteiger partial charge on any atom is -0.487 e. The molecule has 0 saturated carbocycles. The first-order chi connectivity index (χ1) is 12.5. The predicted octanol–water partition coefficient (Wildman–Crippen LogP) is 5.17. The van der Waals surface area contributed by atoms with E-state index in [1.165, 1.54) is 0 Å². The van der Waals surface area contributed by atoms with Crippen LogP contribution in [0.4, 0.5) is 5.69 Å². The molecule has 1 amide bonds. The standard InChI is InChI=1S/C22H27NO3/c1-5-17(4)18-10-6-8-12-20(18)26-15-22(24)23-19-11-7-9-13-21(19)25-14-16(2)3/h6-13,17H,2,5,14-15H2,1,3-4H3,(H,23,24). The van der Waals surface area contributed by atoms with Crippen molar-refractivity contribution in [3.05, 3.63) is 66.2 Å². The number of para-hydroxylation sites is 3. The third kappa shape index (κ3) is 5.66. The Morgan fingerprint density at radius 2 is 1.65 bits per heavy atom. The van der Waals surface area contributed by atoms with Gasteiger partial charge in [0.15, 0.2) is 6.61 Å². The zero-order chi connectivity index (χ0) is 18.9. The van der Waals surface area contributed by atoms with Gasteiger partial charge in [-0.25, -0.2) is 0 Å². The van der Waals surface area contributed by atoms with E-state index in [0.717, 1.165) is 23.3 Å². The molecule has 0 radical (unpaired) electrons. The zero-order valence-corrected chi connectivity index (χ0v) is 15.7. The van der Waals surface area contributed by atoms with Gasteiger partial charge in [-0.05, 0) is 48.6 Å². The number of hydrogen-bond acceptors (Lipinski definition) is 3. The predicted molar refractivity (Wildman–Crippen MR) is 106 cm³/mol. The van der Waals surface area contributed by atoms with E-state index >= 15 is 0 Å². The summed E-state index contributed by atoms with van der Waals surface area (Å²) in [5, 5.41) is 2.85. The fourth-order valence-corrected chi connectivity index (χ4v) is 2.47. The smallest absolute Gasteiger partial charge is 0.262 e. The van der Waals surface area contributed by atoms with Gasteiger partial charge in [0.05, 0.1) is 5.69 Å². The largest absolute Gasteiger partial charge is 0.487 e. The molecule has 0 heterocycles. The van der Waals surface area contributed by atoms with Crippen LogP contribution < -0.4 is 14.8 Å². The number of rotatable bonds is 9. The van der Waals surface area contributed by atoms with Gasteiger partial charge in [0.25, 0.3) is 5.91 Å². The molecule has 0 saturated heterocycles. The zero-order valence-electron chi connectivity index (χ0n) is 15.7. The minimum atomic E-state index is -0.227. The molecule has 4 nitrogen and oxygen atoms in total. The van der Waals surface area contributed by atoms with E-state index in [2.05, 4.69) is 25.7 Å². The molecular formula is C22H27NO3. The summed E-state index contributed by atoms with van der Waals surface area (Å²) in [6.07, 6.45) is 1.01. The van der Waals surface area contributed by atoms with Crippen LogP contribution in [0.15, 0.2) is 60.7 Å². The van der Waals surface area contributed by atoms with Crippen molar-refractivity contribution in [1.82, 2.24) is 0 Å². The minimum absolute atomic E-state index is 0.0533. The molecule has 0 aliphatic carbocycles. The van der Waals surface area contributed by atoms with Gasteiger partial charge in [-0.15, -0.1) is 0 Å². The van der Waals surface area contributed by atoms with Crippen molar-refractivity contribution in [2.75, 3.05) is 18.5 Å². The Morgan fingerprint density at radius 1 is 1.04 bits per heavy atom. The molecule has 26 heavy (non-hydrogen) atoms. The van der Waals surface area contributed by atoms with Crippen molar-refractivity contribution in [2.24, 2.45) is 0 Å². The molecule has 4 heteroatoms. The van der Waals surface area contributed by atoms with E-state index in [9.17, 15) is 4.79 Å². The van der Waals surface area contributed by atoms with Crippen LogP contribution in [0.5, 0.6) is 11.5 Å². The third-order valence-electron chi connectivity index (χ3n) is 4.06. The van der Waals surface area contributed by atoms with Gasteiger partial charge in [-0.1, -0.05) is 50.8 Å². The number of nitrogens with one attached hydrogen (secondary N) is 1. The highest BCUT2D eigenvalue weighted by Crippen LogP contribution is 2.28. The topological polar surface area (TPSA) is 47.6 Å². The third-order valence-corrected chi connectivity index (χ3v) is 4.06. The number of benzene rings is 2. The number of ether oxygens (including phenoxy) is 2. The molecule has 138 valence electrons. The maximum absolute atomic E-state index is 12.3. The lowest BCUT2D eigenvalue weighted by atomic mass is 9.98. The van der Waals surface area contributed by atoms with Gasteiger partial charge in [0.1, 0.15) is 18.1 Å². The highest BCUT2D eigenvalue weighted by atomic mass is 16.5. The molecule has 2 rings (SSSR count). The van der Waals surface area contributed by atoms with Crippen LogP contribution in [0.25, 0.3) is 0 Å². The Kier molecular flexibility index (Phi) is 7.27. The Morgan fingerprint density at radius 3 is 2.35 bits per heavy atom. The van der Waals surface area contributed by atoms with Crippen molar-refractivity contribution in [1.29, 1.82) is 0 Å². The van der Waals surface area contributed by atoms with Crippen LogP contribution >= 0.6 is 0 Å². The molecule has 0 aliphatic rings. The van der Waals surface area contributed by atoms with Crippen molar-refractivity contribution in [3.8, 4) is 11.5 Å². The van der Waals surface area contributed by atoms with Gasteiger partial charge in [-0.2, -0.15) is 0 Å². The lowest BCUT2D eigenvalue weighted by Gasteiger charge is -2.16. The summed E-state index contributed by atoms with van der Waals surface area (Å²) in [6, 6.07) is 15.2. The summed E-state index contributed by atoms with van der Waals surface area (Å²) >= 11 is 0. The van der Waals surface area contributed by atoms with Gasteiger partial charge >= 0.3 is 0 Å². The summed E-state index contributed by atoms with van der Waals surface area (Å²) in [5.74, 6) is 1.52. The van der Waals surface area contributed by atoms with Crippen LogP contribution in [0.2, 0.25) is 0 Å². The number of carbonyl (C=O) groups excluding carboxylic acids is 1. The fourth-order valence-electron chi connectivity index (χ4n) is 2.47. The molecule has 1 N–H and O–H groups in total. The molecule has 1 atom stereocenters. The van der Waals surface area contributed by atoms with Crippen LogP contribution in [0.3, 0.4) is 0 Å². The van der Waals surface area contributed by atoms with Crippen molar-refractivity contribution in [2.45, 2.75) is 33.1 Å². The Labute approximate surface area is 155 Å². The molecule has 0 aromatic heterocycles. The van der Waals surface area contributed by atoms with E-state index < -0.39 is 0 Å². The van der Waals surface area contributed by atoms with Gasteiger partial charge in [-0.3, -0.25) is 4.79 Å². The van der Waals surface area contributed by atoms with Crippen LogP contribution in [0.1, 0.15) is 38.7 Å². The summed E-state index contributed by atoms with van der Waals surface area (Å²) in [7, 11) is 0. The molecule has 0 spiro atoms. The molecule has 0 aliphatic heterocycles. The van der Waals surface area contributed by atoms with Crippen molar-refractivity contribution < 1.29 is 14.3 Å². The van der Waals surface area contributed by atoms with Gasteiger partial charge < -0.3 is 14.8 Å². The quantitative estimate of drug-likeness (QED) is 0.633. The molecule has 2 aromatic rings. The highest BCUT2D eigenvalue weighted by Gasteiger charge is 2.12. The van der Waals surface area contributed by atoms with E-state index in [4.69, 9.17) is 9.47 Å². The average molecular weight is 353 g/mol. The second-order valence-corrected chi connectivity index (χ2v) is 6.43. The Balaban J connectivity index is 1.99. The van der Waals surface area contributed by atoms with E-state index in [0.29, 0.717) is 24.0 Å². The Bertz CT molecular complexity index is 755. The Hall–Kier alpha value is -2.75. The van der Waals surface area contributed by atoms with Crippen LogP contribution in [-0.4, -0.2) is 19.1 Å². The van der Waals surface area contributed by atoms with E-state index in [1.807, 2.05) is 49.4 Å². The summed E-state index contributed by atoms with van der Waals surface area (Å²) in [6.45, 7) is 10.4. The van der Waals surface area contributed by atoms with Gasteiger partial charge in [0, 0.05) is 0 Å². The maximum atomic E-state index is 12.3. The van der Waals surface area contributed by atoms with E-state index in [-0.39, 0.29) is 12.5 Å². The lowest BCUT2D eigenvalue weighted by molar-refractivity contribution is -0.118. The summed E-state index contributed by atoms with van der Waals surface area (Å²) in [4.78, 5) is 12.3. The average Bonchev–Trinajstić information content (AvgIpc) is 2.65. The number of hydrogen-bond donors (Lipinski definition) is 1. The second-order valence-electron chi connectivity index (χ2n) is 6.43. The van der Waals surface area contributed by atoms with E-state index in [1.54, 1.807) is 6.07 Å². The van der Waals surface area contributed by atoms with Crippen molar-refractivity contribution in [3.63, 3.8) is 0 Å². The summed E-state index contributed by atoms with van der Waals surface area (Å²) in [5.41, 5.74) is 2.65. The van der Waals surface area contributed by atoms with Gasteiger partial charge in [0.2, 0.25) is 0 Å². The normalized spacial score (nSPS) is 11.5. The molecular weight excluding hydrogens is 326 g/mol. The molecule has 2 aromatic carbocycles. The first kappa shape index (κ1) is 19.6. The molecule has 0 bridgehead atoms. The molecule has 1 unspecified atom stereocenters. The maximum Gasteiger partial charge on any atom is 0.262 e. The number of anilines is 1. The highest BCUT2D eigenvalue weighted by molar-refractivity contribution is 5.93. The first-order valence-corrected chi connectivity index (χ1v) is 8.89. The fraction of sp³-hybridized carbons (Fsp3) is 0.318. The SMILES string of the molecule is C=C(C)COc1ccccc1NC(=O)COc1ccccc1C(C)CC. The number of amides is 1.